The van der Waals surface area contributed by atoms with Crippen molar-refractivity contribution in [2.75, 3.05) is 0 Å². The first-order valence-corrected chi connectivity index (χ1v) is 7.21. The van der Waals surface area contributed by atoms with Gasteiger partial charge in [-0.25, -0.2) is 0 Å². The minimum absolute atomic E-state index is 0.869. The van der Waals surface area contributed by atoms with Crippen LogP contribution in [0.3, 0.4) is 0 Å². The van der Waals surface area contributed by atoms with E-state index in [1.165, 1.54) is 32.7 Å². The molecule has 0 saturated heterocycles. The zero-order chi connectivity index (χ0) is 14.8. The van der Waals surface area contributed by atoms with Crippen molar-refractivity contribution in [1.29, 1.82) is 0 Å². The van der Waals surface area contributed by atoms with Gasteiger partial charge in [-0.05, 0) is 55.6 Å². The van der Waals surface area contributed by atoms with Crippen LogP contribution in [-0.2, 0) is 0 Å². The van der Waals surface area contributed by atoms with Gasteiger partial charge < -0.3 is 0 Å². The maximum absolute atomic E-state index is 5.74. The molecule has 0 heteroatoms. The molecule has 0 aliphatic heterocycles. The predicted octanol–water partition coefficient (Wildman–Crippen LogP) is 5.03. The summed E-state index contributed by atoms with van der Waals surface area (Å²) in [5, 5.41) is 7.26. The molecule has 1 aliphatic rings. The minimum atomic E-state index is 0.869. The highest BCUT2D eigenvalue weighted by molar-refractivity contribution is 6.29. The Morgan fingerprint density at radius 3 is 2.18 bits per heavy atom. The molecule has 0 atom stereocenters. The Morgan fingerprint density at radius 2 is 1.36 bits per heavy atom. The Morgan fingerprint density at radius 1 is 0.636 bits per heavy atom. The minimum Gasteiger partial charge on any atom is -0.115 e. The Kier molecular flexibility index (Phi) is 1.92. The first kappa shape index (κ1) is 11.4. The third-order valence-electron chi connectivity index (χ3n) is 4.70. The zero-order valence-corrected chi connectivity index (χ0v) is 11.8. The Balaban J connectivity index is 2.24. The third kappa shape index (κ3) is 1.17. The maximum Gasteiger partial charge on any atom is 0.0334 e. The molecule has 0 saturated carbocycles. The molecule has 22 heavy (non-hydrogen) atoms. The summed E-state index contributed by atoms with van der Waals surface area (Å²) < 4.78 is 0. The first-order chi connectivity index (χ1) is 10.8. The fourth-order valence-corrected chi connectivity index (χ4v) is 3.75. The standard InChI is InChI=1S/C22H10/c1-3-13-11-14(4-2)19-12-17-8-7-15-5-6-16-9-10-18(13)22(19)21(16)20(15)17/h1-2,5-12H. The van der Waals surface area contributed by atoms with Crippen molar-refractivity contribution in [2.45, 2.75) is 0 Å². The summed E-state index contributed by atoms with van der Waals surface area (Å²) in [6.07, 6.45) is 15.8. The molecule has 0 bridgehead atoms. The molecule has 0 fully saturated rings. The van der Waals surface area contributed by atoms with Crippen LogP contribution in [0.25, 0.3) is 44.5 Å². The molecule has 98 valence electrons. The van der Waals surface area contributed by atoms with E-state index in [1.807, 2.05) is 6.07 Å². The van der Waals surface area contributed by atoms with Crippen LogP contribution >= 0.6 is 0 Å². The van der Waals surface area contributed by atoms with E-state index in [9.17, 15) is 0 Å². The number of benzene rings is 4. The van der Waals surface area contributed by atoms with Crippen molar-refractivity contribution in [1.82, 2.24) is 0 Å². The van der Waals surface area contributed by atoms with Crippen LogP contribution in [0, 0.1) is 24.7 Å². The van der Waals surface area contributed by atoms with Crippen LogP contribution in [-0.4, -0.2) is 0 Å². The predicted molar refractivity (Wildman–Crippen MR) is 94.9 cm³/mol. The average molecular weight is 274 g/mol. The Hall–Kier alpha value is -3.22. The van der Waals surface area contributed by atoms with Gasteiger partial charge in [0, 0.05) is 11.1 Å². The van der Waals surface area contributed by atoms with Crippen molar-refractivity contribution >= 4 is 44.5 Å². The van der Waals surface area contributed by atoms with Crippen LogP contribution in [0.15, 0.2) is 36.4 Å². The second-order valence-electron chi connectivity index (χ2n) is 5.72. The third-order valence-corrected chi connectivity index (χ3v) is 4.70. The smallest absolute Gasteiger partial charge is 0.0334 e. The second-order valence-corrected chi connectivity index (χ2v) is 5.72. The highest BCUT2D eigenvalue weighted by Crippen LogP contribution is 2.43. The van der Waals surface area contributed by atoms with Crippen LogP contribution in [0.1, 0.15) is 22.3 Å². The summed E-state index contributed by atoms with van der Waals surface area (Å²) in [7, 11) is 0. The van der Waals surface area contributed by atoms with Crippen LogP contribution in [0.4, 0.5) is 0 Å². The molecule has 0 heterocycles. The summed E-state index contributed by atoms with van der Waals surface area (Å²) in [6, 6.07) is 12.8. The molecule has 0 spiro atoms. The van der Waals surface area contributed by atoms with E-state index in [0.29, 0.717) is 0 Å². The molecule has 0 unspecified atom stereocenters. The van der Waals surface area contributed by atoms with Gasteiger partial charge in [0.2, 0.25) is 0 Å². The van der Waals surface area contributed by atoms with Gasteiger partial charge in [-0.3, -0.25) is 0 Å². The zero-order valence-electron chi connectivity index (χ0n) is 11.8. The summed E-state index contributed by atoms with van der Waals surface area (Å²) in [6.45, 7) is 0. The van der Waals surface area contributed by atoms with E-state index < -0.39 is 0 Å². The molecule has 1 aliphatic carbocycles. The Bertz CT molecular complexity index is 1220. The van der Waals surface area contributed by atoms with Crippen molar-refractivity contribution < 1.29 is 0 Å². The molecule has 5 rings (SSSR count). The molecule has 0 N–H and O–H groups in total. The lowest BCUT2D eigenvalue weighted by atomic mass is 9.87. The number of hydrogen-bond donors (Lipinski definition) is 0. The fraction of sp³-hybridized carbons (Fsp3) is 0. The molecule has 0 aromatic heterocycles. The first-order valence-electron chi connectivity index (χ1n) is 7.21. The lowest BCUT2D eigenvalue weighted by Crippen LogP contribution is -1.92. The maximum atomic E-state index is 5.74. The molecule has 4 aromatic carbocycles. The monoisotopic (exact) mass is 274 g/mol. The normalized spacial score (nSPS) is 12.3. The summed E-state index contributed by atoms with van der Waals surface area (Å²) >= 11 is 0. The number of hydrogen-bond acceptors (Lipinski definition) is 0. The second kappa shape index (κ2) is 3.70. The van der Waals surface area contributed by atoms with Gasteiger partial charge in [-0.2, -0.15) is 0 Å². The van der Waals surface area contributed by atoms with E-state index >= 15 is 0 Å². The lowest BCUT2D eigenvalue weighted by Gasteiger charge is -2.15. The van der Waals surface area contributed by atoms with Gasteiger partial charge in [0.05, 0.1) is 0 Å². The molecule has 4 aromatic rings. The average Bonchev–Trinajstić information content (AvgIpc) is 2.99. The van der Waals surface area contributed by atoms with E-state index in [1.54, 1.807) is 0 Å². The van der Waals surface area contributed by atoms with Gasteiger partial charge >= 0.3 is 0 Å². The van der Waals surface area contributed by atoms with Crippen molar-refractivity contribution in [3.63, 3.8) is 0 Å². The SMILES string of the molecule is C#Cc1cc(C#C)c2cc3c4c(ccc5ccc1c2c54)C=C3. The van der Waals surface area contributed by atoms with Gasteiger partial charge in [0.15, 0.2) is 0 Å². The highest BCUT2D eigenvalue weighted by atomic mass is 14.2. The van der Waals surface area contributed by atoms with E-state index in [-0.39, 0.29) is 0 Å². The Labute approximate surface area is 128 Å². The van der Waals surface area contributed by atoms with Gasteiger partial charge in [0.1, 0.15) is 0 Å². The molecular formula is C22H10. The van der Waals surface area contributed by atoms with E-state index in [2.05, 4.69) is 54.3 Å². The van der Waals surface area contributed by atoms with Crippen LogP contribution in [0.5, 0.6) is 0 Å². The van der Waals surface area contributed by atoms with Crippen LogP contribution < -0.4 is 0 Å². The van der Waals surface area contributed by atoms with E-state index in [0.717, 1.165) is 21.9 Å². The van der Waals surface area contributed by atoms with E-state index in [4.69, 9.17) is 12.8 Å². The molecule has 0 amide bonds. The van der Waals surface area contributed by atoms with Crippen molar-refractivity contribution in [2.24, 2.45) is 0 Å². The molecule has 0 radical (unpaired) electrons. The number of rotatable bonds is 0. The lowest BCUT2D eigenvalue weighted by molar-refractivity contribution is 1.69. The molecule has 0 nitrogen and oxygen atoms in total. The topological polar surface area (TPSA) is 0 Å². The van der Waals surface area contributed by atoms with Crippen LogP contribution in [0.2, 0.25) is 0 Å². The van der Waals surface area contributed by atoms with Crippen molar-refractivity contribution in [3.8, 4) is 24.7 Å². The summed E-state index contributed by atoms with van der Waals surface area (Å²) in [5.41, 5.74) is 4.25. The fourth-order valence-electron chi connectivity index (χ4n) is 3.75. The summed E-state index contributed by atoms with van der Waals surface area (Å²) in [5.74, 6) is 5.59. The van der Waals surface area contributed by atoms with Crippen molar-refractivity contribution in [3.05, 3.63) is 58.7 Å². The molecular weight excluding hydrogens is 264 g/mol. The summed E-state index contributed by atoms with van der Waals surface area (Å²) in [4.78, 5) is 0. The van der Waals surface area contributed by atoms with Gasteiger partial charge in [-0.1, -0.05) is 48.3 Å². The highest BCUT2D eigenvalue weighted by Gasteiger charge is 2.18. The quantitative estimate of drug-likeness (QED) is 0.274. The number of terminal acetylenes is 2. The van der Waals surface area contributed by atoms with Gasteiger partial charge in [0.25, 0.3) is 0 Å². The van der Waals surface area contributed by atoms with Gasteiger partial charge in [-0.15, -0.1) is 12.8 Å². The largest absolute Gasteiger partial charge is 0.115 e.